The van der Waals surface area contributed by atoms with E-state index in [9.17, 15) is 4.79 Å². The van der Waals surface area contributed by atoms with Crippen LogP contribution in [0.5, 0.6) is 0 Å². The Morgan fingerprint density at radius 2 is 2.33 bits per heavy atom. The number of carbonyl (C=O) groups excluding carboxylic acids is 1. The van der Waals surface area contributed by atoms with Gasteiger partial charge in [0.2, 0.25) is 0 Å². The molecule has 1 atom stereocenters. The van der Waals surface area contributed by atoms with E-state index in [0.29, 0.717) is 29.2 Å². The molecular formula is C16H18ClN3O. The predicted molar refractivity (Wildman–Crippen MR) is 84.4 cm³/mol. The van der Waals surface area contributed by atoms with Gasteiger partial charge >= 0.3 is 0 Å². The summed E-state index contributed by atoms with van der Waals surface area (Å²) in [4.78, 5) is 19.0. The third-order valence-corrected chi connectivity index (χ3v) is 4.46. The number of pyridine rings is 1. The molecule has 1 saturated heterocycles. The second-order valence-electron chi connectivity index (χ2n) is 6.02. The van der Waals surface area contributed by atoms with Crippen molar-refractivity contribution in [3.63, 3.8) is 0 Å². The lowest BCUT2D eigenvalue weighted by Gasteiger charge is -2.23. The van der Waals surface area contributed by atoms with E-state index < -0.39 is 0 Å². The molecular weight excluding hydrogens is 286 g/mol. The summed E-state index contributed by atoms with van der Waals surface area (Å²) in [6, 6.07) is 7.29. The average Bonchev–Trinajstić information content (AvgIpc) is 2.89. The number of benzene rings is 1. The van der Waals surface area contributed by atoms with E-state index in [4.69, 9.17) is 17.3 Å². The molecule has 3 rings (SSSR count). The van der Waals surface area contributed by atoms with Gasteiger partial charge in [-0.1, -0.05) is 24.6 Å². The van der Waals surface area contributed by atoms with Crippen molar-refractivity contribution in [1.29, 1.82) is 0 Å². The number of halogens is 1. The molecule has 2 N–H and O–H groups in total. The van der Waals surface area contributed by atoms with Crippen molar-refractivity contribution < 1.29 is 4.79 Å². The molecule has 2 heterocycles. The highest BCUT2D eigenvalue weighted by molar-refractivity contribution is 6.32. The van der Waals surface area contributed by atoms with Crippen LogP contribution in [0, 0.1) is 5.41 Å². The standard InChI is InChI=1S/C16H18ClN3O/c1-16(9-18)4-6-20(10-16)15(21)13-8-12(17)7-11-3-2-5-19-14(11)13/h2-3,5,7-8H,4,6,9-10,18H2,1H3. The first-order chi connectivity index (χ1) is 10.0. The monoisotopic (exact) mass is 303 g/mol. The molecule has 1 aromatic carbocycles. The van der Waals surface area contributed by atoms with Crippen molar-refractivity contribution in [3.05, 3.63) is 41.0 Å². The van der Waals surface area contributed by atoms with Gasteiger partial charge in [-0.25, -0.2) is 0 Å². The third-order valence-electron chi connectivity index (χ3n) is 4.24. The summed E-state index contributed by atoms with van der Waals surface area (Å²) in [6.45, 7) is 4.12. The van der Waals surface area contributed by atoms with Gasteiger partial charge in [-0.2, -0.15) is 0 Å². The lowest BCUT2D eigenvalue weighted by molar-refractivity contribution is 0.0778. The Balaban J connectivity index is 1.99. The Bertz CT molecular complexity index is 703. The normalized spacial score (nSPS) is 22.0. The van der Waals surface area contributed by atoms with Gasteiger partial charge in [-0.15, -0.1) is 0 Å². The minimum Gasteiger partial charge on any atom is -0.338 e. The van der Waals surface area contributed by atoms with Crippen LogP contribution in [0.25, 0.3) is 10.9 Å². The lowest BCUT2D eigenvalue weighted by atomic mass is 9.90. The Kier molecular flexibility index (Phi) is 3.59. The Labute approximate surface area is 128 Å². The number of carbonyl (C=O) groups is 1. The summed E-state index contributed by atoms with van der Waals surface area (Å²) in [6.07, 6.45) is 2.63. The predicted octanol–water partition coefficient (Wildman–Crippen LogP) is 2.70. The maximum absolute atomic E-state index is 12.8. The topological polar surface area (TPSA) is 59.2 Å². The molecule has 0 bridgehead atoms. The van der Waals surface area contributed by atoms with Crippen molar-refractivity contribution in [2.45, 2.75) is 13.3 Å². The number of nitrogens with zero attached hydrogens (tertiary/aromatic N) is 2. The molecule has 1 fully saturated rings. The van der Waals surface area contributed by atoms with Crippen LogP contribution in [0.3, 0.4) is 0 Å². The number of aromatic nitrogens is 1. The first-order valence-corrected chi connectivity index (χ1v) is 7.44. The summed E-state index contributed by atoms with van der Waals surface area (Å²) < 4.78 is 0. The van der Waals surface area contributed by atoms with Crippen molar-refractivity contribution in [3.8, 4) is 0 Å². The lowest BCUT2D eigenvalue weighted by Crippen LogP contribution is -2.34. The fraction of sp³-hybridized carbons (Fsp3) is 0.375. The molecule has 0 aliphatic carbocycles. The highest BCUT2D eigenvalue weighted by Gasteiger charge is 2.35. The molecule has 0 radical (unpaired) electrons. The van der Waals surface area contributed by atoms with Gasteiger partial charge in [0.05, 0.1) is 11.1 Å². The quantitative estimate of drug-likeness (QED) is 0.928. The molecule has 0 spiro atoms. The SMILES string of the molecule is CC1(CN)CCN(C(=O)c2cc(Cl)cc3cccnc23)C1. The molecule has 2 aromatic rings. The molecule has 1 aliphatic rings. The van der Waals surface area contributed by atoms with Crippen LogP contribution >= 0.6 is 11.6 Å². The first kappa shape index (κ1) is 14.3. The van der Waals surface area contributed by atoms with Gasteiger partial charge in [0, 0.05) is 29.7 Å². The minimum atomic E-state index is -0.0154. The third kappa shape index (κ3) is 2.61. The number of likely N-dealkylation sites (tertiary alicyclic amines) is 1. The maximum Gasteiger partial charge on any atom is 0.256 e. The number of nitrogens with two attached hydrogens (primary N) is 1. The largest absolute Gasteiger partial charge is 0.338 e. The van der Waals surface area contributed by atoms with E-state index in [-0.39, 0.29) is 11.3 Å². The molecule has 21 heavy (non-hydrogen) atoms. The van der Waals surface area contributed by atoms with Crippen LogP contribution in [0.2, 0.25) is 5.02 Å². The van der Waals surface area contributed by atoms with Crippen LogP contribution < -0.4 is 5.73 Å². The number of rotatable bonds is 2. The second-order valence-corrected chi connectivity index (χ2v) is 6.46. The van der Waals surface area contributed by atoms with Gasteiger partial charge in [0.15, 0.2) is 0 Å². The van der Waals surface area contributed by atoms with Crippen LogP contribution in [0.1, 0.15) is 23.7 Å². The van der Waals surface area contributed by atoms with E-state index in [1.54, 1.807) is 12.3 Å². The van der Waals surface area contributed by atoms with Crippen LogP contribution in [0.4, 0.5) is 0 Å². The Hall–Kier alpha value is -1.65. The Morgan fingerprint density at radius 3 is 3.05 bits per heavy atom. The zero-order chi connectivity index (χ0) is 15.0. The van der Waals surface area contributed by atoms with E-state index >= 15 is 0 Å². The number of hydrogen-bond donors (Lipinski definition) is 1. The Morgan fingerprint density at radius 1 is 1.52 bits per heavy atom. The van der Waals surface area contributed by atoms with Crippen LogP contribution in [0.15, 0.2) is 30.5 Å². The average molecular weight is 304 g/mol. The highest BCUT2D eigenvalue weighted by Crippen LogP contribution is 2.31. The molecule has 1 aromatic heterocycles. The first-order valence-electron chi connectivity index (χ1n) is 7.06. The summed E-state index contributed by atoms with van der Waals surface area (Å²) >= 11 is 6.14. The van der Waals surface area contributed by atoms with Gasteiger partial charge < -0.3 is 10.6 Å². The van der Waals surface area contributed by atoms with Gasteiger partial charge in [0.1, 0.15) is 0 Å². The van der Waals surface area contributed by atoms with Gasteiger partial charge in [-0.05, 0) is 36.6 Å². The molecule has 1 unspecified atom stereocenters. The van der Waals surface area contributed by atoms with E-state index in [1.165, 1.54) is 0 Å². The van der Waals surface area contributed by atoms with E-state index in [0.717, 1.165) is 18.4 Å². The summed E-state index contributed by atoms with van der Waals surface area (Å²) in [7, 11) is 0. The summed E-state index contributed by atoms with van der Waals surface area (Å²) in [5.41, 5.74) is 7.09. The van der Waals surface area contributed by atoms with E-state index in [2.05, 4.69) is 11.9 Å². The van der Waals surface area contributed by atoms with Crippen molar-refractivity contribution in [1.82, 2.24) is 9.88 Å². The zero-order valence-electron chi connectivity index (χ0n) is 12.0. The number of amides is 1. The second kappa shape index (κ2) is 5.28. The zero-order valence-corrected chi connectivity index (χ0v) is 12.7. The smallest absolute Gasteiger partial charge is 0.256 e. The molecule has 1 amide bonds. The molecule has 110 valence electrons. The fourth-order valence-corrected chi connectivity index (χ4v) is 3.08. The van der Waals surface area contributed by atoms with Crippen molar-refractivity contribution in [2.24, 2.45) is 11.1 Å². The summed E-state index contributed by atoms with van der Waals surface area (Å²) in [5, 5.41) is 1.44. The van der Waals surface area contributed by atoms with Crippen LogP contribution in [-0.2, 0) is 0 Å². The van der Waals surface area contributed by atoms with E-state index in [1.807, 2.05) is 23.1 Å². The number of fused-ring (bicyclic) bond motifs is 1. The van der Waals surface area contributed by atoms with Crippen molar-refractivity contribution in [2.75, 3.05) is 19.6 Å². The van der Waals surface area contributed by atoms with Crippen molar-refractivity contribution >= 4 is 28.4 Å². The molecule has 0 saturated carbocycles. The highest BCUT2D eigenvalue weighted by atomic mass is 35.5. The molecule has 1 aliphatic heterocycles. The maximum atomic E-state index is 12.8. The fourth-order valence-electron chi connectivity index (χ4n) is 2.85. The molecule has 4 nitrogen and oxygen atoms in total. The number of hydrogen-bond acceptors (Lipinski definition) is 3. The molecule has 5 heteroatoms. The van der Waals surface area contributed by atoms with Gasteiger partial charge in [0.25, 0.3) is 5.91 Å². The minimum absolute atomic E-state index is 0.0114. The van der Waals surface area contributed by atoms with Crippen LogP contribution in [-0.4, -0.2) is 35.4 Å². The van der Waals surface area contributed by atoms with Gasteiger partial charge in [-0.3, -0.25) is 9.78 Å². The summed E-state index contributed by atoms with van der Waals surface area (Å²) in [5.74, 6) is -0.0154.